The molecule has 1 atom stereocenters. The van der Waals surface area contributed by atoms with E-state index < -0.39 is 6.10 Å². The van der Waals surface area contributed by atoms with E-state index in [0.717, 1.165) is 23.6 Å². The maximum absolute atomic E-state index is 9.63. The van der Waals surface area contributed by atoms with Gasteiger partial charge in [0, 0.05) is 18.9 Å². The Morgan fingerprint density at radius 2 is 2.05 bits per heavy atom. The van der Waals surface area contributed by atoms with Crippen molar-refractivity contribution in [2.75, 3.05) is 11.4 Å². The van der Waals surface area contributed by atoms with Crippen molar-refractivity contribution >= 4 is 5.82 Å². The zero-order chi connectivity index (χ0) is 13.7. The van der Waals surface area contributed by atoms with Gasteiger partial charge in [0.1, 0.15) is 5.82 Å². The summed E-state index contributed by atoms with van der Waals surface area (Å²) in [4.78, 5) is 10.8. The van der Waals surface area contributed by atoms with Gasteiger partial charge in [0.05, 0.1) is 18.3 Å². The van der Waals surface area contributed by atoms with Crippen molar-refractivity contribution in [3.05, 3.63) is 54.0 Å². The topological polar surface area (TPSA) is 49.2 Å². The van der Waals surface area contributed by atoms with Crippen LogP contribution in [0.25, 0.3) is 0 Å². The van der Waals surface area contributed by atoms with Crippen molar-refractivity contribution in [3.63, 3.8) is 0 Å². The Hall–Kier alpha value is -1.94. The van der Waals surface area contributed by atoms with Crippen molar-refractivity contribution < 1.29 is 5.11 Å². The van der Waals surface area contributed by atoms with Gasteiger partial charge in [0.2, 0.25) is 0 Å². The van der Waals surface area contributed by atoms with E-state index in [9.17, 15) is 5.11 Å². The van der Waals surface area contributed by atoms with E-state index in [4.69, 9.17) is 0 Å². The lowest BCUT2D eigenvalue weighted by Gasteiger charge is -2.22. The third kappa shape index (κ3) is 3.51. The molecule has 0 aromatic carbocycles. The minimum Gasteiger partial charge on any atom is -0.389 e. The number of hydrogen-bond acceptors (Lipinski definition) is 4. The van der Waals surface area contributed by atoms with Gasteiger partial charge in [-0.15, -0.1) is 0 Å². The average molecular weight is 257 g/mol. The largest absolute Gasteiger partial charge is 0.389 e. The fourth-order valence-corrected chi connectivity index (χ4v) is 1.91. The molecule has 2 heterocycles. The molecule has 2 rings (SSSR count). The van der Waals surface area contributed by atoms with Crippen molar-refractivity contribution in [2.45, 2.75) is 26.5 Å². The Morgan fingerprint density at radius 1 is 1.21 bits per heavy atom. The summed E-state index contributed by atoms with van der Waals surface area (Å²) in [5.74, 6) is 0.867. The van der Waals surface area contributed by atoms with Crippen molar-refractivity contribution in [2.24, 2.45) is 0 Å². The average Bonchev–Trinajstić information content (AvgIpc) is 2.46. The Morgan fingerprint density at radius 3 is 2.68 bits per heavy atom. The highest BCUT2D eigenvalue weighted by molar-refractivity contribution is 5.41. The summed E-state index contributed by atoms with van der Waals surface area (Å²) >= 11 is 0. The minimum atomic E-state index is -0.477. The SMILES string of the molecule is CCN(Cc1ccccn1)c1cc(C(C)O)ccn1. The lowest BCUT2D eigenvalue weighted by molar-refractivity contribution is 0.199. The Bertz CT molecular complexity index is 514. The molecule has 0 fully saturated rings. The molecule has 0 radical (unpaired) electrons. The molecule has 2 aromatic heterocycles. The van der Waals surface area contributed by atoms with Crippen LogP contribution in [0.4, 0.5) is 5.82 Å². The zero-order valence-corrected chi connectivity index (χ0v) is 11.3. The molecule has 0 spiro atoms. The van der Waals surface area contributed by atoms with Crippen molar-refractivity contribution in [1.82, 2.24) is 9.97 Å². The first kappa shape index (κ1) is 13.5. The van der Waals surface area contributed by atoms with E-state index in [-0.39, 0.29) is 0 Å². The number of aliphatic hydroxyl groups excluding tert-OH is 1. The maximum atomic E-state index is 9.63. The summed E-state index contributed by atoms with van der Waals surface area (Å²) < 4.78 is 0. The van der Waals surface area contributed by atoms with Crippen molar-refractivity contribution in [3.8, 4) is 0 Å². The molecule has 0 aliphatic carbocycles. The molecule has 1 N–H and O–H groups in total. The van der Waals surface area contributed by atoms with E-state index in [0.29, 0.717) is 6.54 Å². The Balaban J connectivity index is 2.20. The van der Waals surface area contributed by atoms with Crippen LogP contribution in [0.1, 0.15) is 31.2 Å². The minimum absolute atomic E-state index is 0.477. The summed E-state index contributed by atoms with van der Waals surface area (Å²) in [7, 11) is 0. The van der Waals surface area contributed by atoms with Gasteiger partial charge >= 0.3 is 0 Å². The van der Waals surface area contributed by atoms with Crippen LogP contribution in [-0.4, -0.2) is 21.6 Å². The first-order valence-corrected chi connectivity index (χ1v) is 6.49. The van der Waals surface area contributed by atoms with E-state index in [1.807, 2.05) is 30.3 Å². The second-order valence-corrected chi connectivity index (χ2v) is 4.46. The molecule has 0 saturated heterocycles. The third-order valence-electron chi connectivity index (χ3n) is 3.04. The molecular formula is C15H19N3O. The number of anilines is 1. The molecule has 4 heteroatoms. The van der Waals surface area contributed by atoms with Crippen LogP contribution in [0.5, 0.6) is 0 Å². The van der Waals surface area contributed by atoms with Crippen molar-refractivity contribution in [1.29, 1.82) is 0 Å². The standard InChI is InChI=1S/C15H19N3O/c1-3-18(11-14-6-4-5-8-16-14)15-10-13(12(2)19)7-9-17-15/h4-10,12,19H,3,11H2,1-2H3. The summed E-state index contributed by atoms with van der Waals surface area (Å²) in [6.45, 7) is 5.40. The monoisotopic (exact) mass is 257 g/mol. The van der Waals surface area contributed by atoms with E-state index in [1.165, 1.54) is 0 Å². The van der Waals surface area contributed by atoms with Crippen LogP contribution in [0.3, 0.4) is 0 Å². The predicted octanol–water partition coefficient (Wildman–Crippen LogP) is 2.56. The number of pyridine rings is 2. The zero-order valence-electron chi connectivity index (χ0n) is 11.3. The van der Waals surface area contributed by atoms with Gasteiger partial charge in [0.15, 0.2) is 0 Å². The number of hydrogen-bond donors (Lipinski definition) is 1. The molecule has 0 bridgehead atoms. The molecule has 0 aliphatic rings. The summed E-state index contributed by atoms with van der Waals surface area (Å²) in [5, 5.41) is 9.63. The highest BCUT2D eigenvalue weighted by Crippen LogP contribution is 2.19. The number of rotatable bonds is 5. The Kier molecular flexibility index (Phi) is 4.47. The summed E-state index contributed by atoms with van der Waals surface area (Å²) in [6, 6.07) is 9.66. The molecule has 0 amide bonds. The lowest BCUT2D eigenvalue weighted by atomic mass is 10.1. The fourth-order valence-electron chi connectivity index (χ4n) is 1.91. The quantitative estimate of drug-likeness (QED) is 0.894. The van der Waals surface area contributed by atoms with Crippen LogP contribution >= 0.6 is 0 Å². The highest BCUT2D eigenvalue weighted by Gasteiger charge is 2.09. The van der Waals surface area contributed by atoms with E-state index >= 15 is 0 Å². The second-order valence-electron chi connectivity index (χ2n) is 4.46. The molecule has 1 unspecified atom stereocenters. The van der Waals surface area contributed by atoms with Crippen LogP contribution in [0, 0.1) is 0 Å². The van der Waals surface area contributed by atoms with Crippen LogP contribution in [0.15, 0.2) is 42.7 Å². The summed E-state index contributed by atoms with van der Waals surface area (Å²) in [5.41, 5.74) is 1.89. The maximum Gasteiger partial charge on any atom is 0.129 e. The second kappa shape index (κ2) is 6.29. The first-order chi connectivity index (χ1) is 9.20. The number of aromatic nitrogens is 2. The van der Waals surface area contributed by atoms with Crippen LogP contribution < -0.4 is 4.90 Å². The van der Waals surface area contributed by atoms with E-state index in [1.54, 1.807) is 19.3 Å². The number of nitrogens with zero attached hydrogens (tertiary/aromatic N) is 3. The molecule has 2 aromatic rings. The lowest BCUT2D eigenvalue weighted by Crippen LogP contribution is -2.23. The fraction of sp³-hybridized carbons (Fsp3) is 0.333. The molecular weight excluding hydrogens is 238 g/mol. The van der Waals surface area contributed by atoms with E-state index in [2.05, 4.69) is 21.8 Å². The van der Waals surface area contributed by atoms with Gasteiger partial charge in [-0.05, 0) is 43.7 Å². The number of aliphatic hydroxyl groups is 1. The van der Waals surface area contributed by atoms with Crippen LogP contribution in [0.2, 0.25) is 0 Å². The molecule has 0 saturated carbocycles. The normalized spacial score (nSPS) is 12.2. The summed E-state index contributed by atoms with van der Waals surface area (Å²) in [6.07, 6.45) is 3.05. The van der Waals surface area contributed by atoms with Crippen LogP contribution in [-0.2, 0) is 6.54 Å². The van der Waals surface area contributed by atoms with Gasteiger partial charge in [-0.2, -0.15) is 0 Å². The predicted molar refractivity (Wildman–Crippen MR) is 75.8 cm³/mol. The highest BCUT2D eigenvalue weighted by atomic mass is 16.3. The molecule has 0 aliphatic heterocycles. The smallest absolute Gasteiger partial charge is 0.129 e. The first-order valence-electron chi connectivity index (χ1n) is 6.49. The van der Waals surface area contributed by atoms with Gasteiger partial charge in [0.25, 0.3) is 0 Å². The van der Waals surface area contributed by atoms with Gasteiger partial charge in [-0.25, -0.2) is 4.98 Å². The van der Waals surface area contributed by atoms with Gasteiger partial charge in [-0.1, -0.05) is 6.07 Å². The Labute approximate surface area is 113 Å². The van der Waals surface area contributed by atoms with Gasteiger partial charge < -0.3 is 10.0 Å². The third-order valence-corrected chi connectivity index (χ3v) is 3.04. The molecule has 100 valence electrons. The molecule has 4 nitrogen and oxygen atoms in total. The van der Waals surface area contributed by atoms with Gasteiger partial charge in [-0.3, -0.25) is 4.98 Å². The molecule has 19 heavy (non-hydrogen) atoms.